The van der Waals surface area contributed by atoms with Gasteiger partial charge in [0.25, 0.3) is 0 Å². The summed E-state index contributed by atoms with van der Waals surface area (Å²) in [5.74, 6) is -0.221. The first-order valence-electron chi connectivity index (χ1n) is 15.6. The molecule has 4 amide bonds. The molecule has 0 saturated heterocycles. The number of benzene rings is 3. The molecule has 3 aromatic carbocycles. The van der Waals surface area contributed by atoms with Crippen LogP contribution in [0.2, 0.25) is 0 Å². The molecule has 2 atom stereocenters. The fourth-order valence-corrected chi connectivity index (χ4v) is 5.65. The summed E-state index contributed by atoms with van der Waals surface area (Å²) in [5.41, 5.74) is 4.67. The van der Waals surface area contributed by atoms with E-state index < -0.39 is 6.04 Å². The number of rotatable bonds is 13. The number of amides is 4. The molecular weight excluding hydrogens is 564 g/mol. The van der Waals surface area contributed by atoms with Gasteiger partial charge in [0.1, 0.15) is 6.04 Å². The Balaban J connectivity index is 1.36. The van der Waals surface area contributed by atoms with Gasteiger partial charge in [0.15, 0.2) is 0 Å². The van der Waals surface area contributed by atoms with Gasteiger partial charge in [-0.05, 0) is 42.4 Å². The predicted octanol–water partition coefficient (Wildman–Crippen LogP) is 5.16. The lowest BCUT2D eigenvalue weighted by Gasteiger charge is -2.35. The van der Waals surface area contributed by atoms with Gasteiger partial charge in [-0.1, -0.05) is 96.9 Å². The minimum atomic E-state index is -0.936. The summed E-state index contributed by atoms with van der Waals surface area (Å²) in [6, 6.07) is 26.1. The standard InChI is InChI=1S/C36H42N6O3/c1-26-16-18-28(19-17-26)23-42(24-33(43)40-34(30-14-9-15-30)29-12-7-4-8-13-29)35(44)32(20-31-21-37-25-38-31)39-36(45)41(2)22-27-10-5-3-6-11-27/h3-8,10-13,16-19,21,25,30,32,34H,9,14-15,20,22-24H2,1-2H3,(H,37,38)(H,39,45)(H,40,43). The number of nitrogens with one attached hydrogen (secondary N) is 3. The maximum atomic E-state index is 14.3. The normalized spacial score (nSPS) is 14.1. The van der Waals surface area contributed by atoms with Crippen molar-refractivity contribution in [3.63, 3.8) is 0 Å². The van der Waals surface area contributed by atoms with Gasteiger partial charge in [-0.15, -0.1) is 0 Å². The van der Waals surface area contributed by atoms with E-state index in [1.165, 1.54) is 4.90 Å². The lowest BCUT2D eigenvalue weighted by Crippen LogP contribution is -2.54. The Morgan fingerprint density at radius 2 is 1.56 bits per heavy atom. The molecule has 1 heterocycles. The number of hydrogen-bond acceptors (Lipinski definition) is 4. The number of aromatic amines is 1. The lowest BCUT2D eigenvalue weighted by molar-refractivity contribution is -0.138. The molecule has 1 aromatic heterocycles. The predicted molar refractivity (Wildman–Crippen MR) is 174 cm³/mol. The number of hydrogen-bond donors (Lipinski definition) is 3. The van der Waals surface area contributed by atoms with Crippen molar-refractivity contribution in [2.45, 2.75) is 57.8 Å². The molecule has 1 saturated carbocycles. The average molecular weight is 607 g/mol. The molecule has 1 aliphatic carbocycles. The minimum absolute atomic E-state index is 0.116. The molecule has 9 heteroatoms. The highest BCUT2D eigenvalue weighted by molar-refractivity contribution is 5.90. The first-order chi connectivity index (χ1) is 21.9. The molecule has 45 heavy (non-hydrogen) atoms. The molecule has 5 rings (SSSR count). The summed E-state index contributed by atoms with van der Waals surface area (Å²) in [6.45, 7) is 2.47. The number of nitrogens with zero attached hydrogens (tertiary/aromatic N) is 3. The zero-order valence-electron chi connectivity index (χ0n) is 26.0. The Morgan fingerprint density at radius 3 is 2.18 bits per heavy atom. The molecule has 4 aromatic rings. The van der Waals surface area contributed by atoms with E-state index in [2.05, 4.69) is 20.6 Å². The van der Waals surface area contributed by atoms with Gasteiger partial charge in [-0.2, -0.15) is 0 Å². The highest BCUT2D eigenvalue weighted by atomic mass is 16.2. The Hall–Kier alpha value is -4.92. The van der Waals surface area contributed by atoms with E-state index in [1.54, 1.807) is 24.5 Å². The summed E-state index contributed by atoms with van der Waals surface area (Å²) >= 11 is 0. The van der Waals surface area contributed by atoms with E-state index in [1.807, 2.05) is 91.9 Å². The summed E-state index contributed by atoms with van der Waals surface area (Å²) in [5, 5.41) is 6.18. The van der Waals surface area contributed by atoms with Crippen LogP contribution in [0.3, 0.4) is 0 Å². The smallest absolute Gasteiger partial charge is 0.318 e. The maximum absolute atomic E-state index is 14.3. The van der Waals surface area contributed by atoms with Crippen molar-refractivity contribution in [1.29, 1.82) is 0 Å². The third-order valence-corrected chi connectivity index (χ3v) is 8.41. The largest absolute Gasteiger partial charge is 0.351 e. The maximum Gasteiger partial charge on any atom is 0.318 e. The highest BCUT2D eigenvalue weighted by Gasteiger charge is 2.32. The quantitative estimate of drug-likeness (QED) is 0.195. The van der Waals surface area contributed by atoms with E-state index in [0.717, 1.165) is 41.5 Å². The summed E-state index contributed by atoms with van der Waals surface area (Å²) in [6.07, 6.45) is 6.69. The first kappa shape index (κ1) is 31.5. The van der Waals surface area contributed by atoms with Crippen LogP contribution in [0.1, 0.15) is 53.3 Å². The molecule has 3 N–H and O–H groups in total. The van der Waals surface area contributed by atoms with Gasteiger partial charge < -0.3 is 25.4 Å². The van der Waals surface area contributed by atoms with E-state index in [9.17, 15) is 14.4 Å². The molecule has 2 unspecified atom stereocenters. The van der Waals surface area contributed by atoms with Gasteiger partial charge in [-0.3, -0.25) is 9.59 Å². The SMILES string of the molecule is Cc1ccc(CN(CC(=O)NC(c2ccccc2)C2CCC2)C(=O)C(Cc2c[nH]cn2)NC(=O)N(C)Cc2ccccc2)cc1. The number of aryl methyl sites for hydroxylation is 1. The van der Waals surface area contributed by atoms with E-state index in [0.29, 0.717) is 18.2 Å². The summed E-state index contributed by atoms with van der Waals surface area (Å²) < 4.78 is 0. The Labute approximate surface area is 265 Å². The van der Waals surface area contributed by atoms with Crippen LogP contribution in [0.5, 0.6) is 0 Å². The van der Waals surface area contributed by atoms with Crippen LogP contribution in [0.25, 0.3) is 0 Å². The fraction of sp³-hybridized carbons (Fsp3) is 0.333. The Bertz CT molecular complexity index is 1520. The van der Waals surface area contributed by atoms with Crippen molar-refractivity contribution in [3.8, 4) is 0 Å². The van der Waals surface area contributed by atoms with Gasteiger partial charge >= 0.3 is 6.03 Å². The van der Waals surface area contributed by atoms with Crippen LogP contribution in [0.15, 0.2) is 97.5 Å². The van der Waals surface area contributed by atoms with Crippen LogP contribution < -0.4 is 10.6 Å². The Kier molecular flexibility index (Phi) is 10.6. The molecule has 1 aliphatic rings. The van der Waals surface area contributed by atoms with Crippen LogP contribution in [0.4, 0.5) is 4.79 Å². The van der Waals surface area contributed by atoms with Crippen molar-refractivity contribution in [2.75, 3.05) is 13.6 Å². The van der Waals surface area contributed by atoms with Crippen LogP contribution in [0, 0.1) is 12.8 Å². The molecule has 1 fully saturated rings. The molecule has 0 bridgehead atoms. The highest BCUT2D eigenvalue weighted by Crippen LogP contribution is 2.37. The van der Waals surface area contributed by atoms with Gasteiger partial charge in [0, 0.05) is 32.8 Å². The number of carbonyl (C=O) groups is 3. The number of H-pyrrole nitrogens is 1. The third-order valence-electron chi connectivity index (χ3n) is 8.41. The van der Waals surface area contributed by atoms with Crippen molar-refractivity contribution in [1.82, 2.24) is 30.4 Å². The number of urea groups is 1. The number of carbonyl (C=O) groups excluding carboxylic acids is 3. The first-order valence-corrected chi connectivity index (χ1v) is 15.6. The van der Waals surface area contributed by atoms with E-state index in [4.69, 9.17) is 0 Å². The van der Waals surface area contributed by atoms with E-state index >= 15 is 0 Å². The van der Waals surface area contributed by atoms with Gasteiger partial charge in [-0.25, -0.2) is 9.78 Å². The molecule has 9 nitrogen and oxygen atoms in total. The van der Waals surface area contributed by atoms with Crippen molar-refractivity contribution in [2.24, 2.45) is 5.92 Å². The zero-order valence-corrected chi connectivity index (χ0v) is 26.0. The number of imidazole rings is 1. The van der Waals surface area contributed by atoms with Crippen molar-refractivity contribution < 1.29 is 14.4 Å². The van der Waals surface area contributed by atoms with Crippen LogP contribution in [-0.4, -0.2) is 57.2 Å². The minimum Gasteiger partial charge on any atom is -0.351 e. The van der Waals surface area contributed by atoms with Crippen LogP contribution >= 0.6 is 0 Å². The fourth-order valence-electron chi connectivity index (χ4n) is 5.65. The molecule has 0 radical (unpaired) electrons. The summed E-state index contributed by atoms with van der Waals surface area (Å²) in [4.78, 5) is 51.7. The third kappa shape index (κ3) is 8.81. The molecular formula is C36H42N6O3. The van der Waals surface area contributed by atoms with E-state index in [-0.39, 0.29) is 43.4 Å². The van der Waals surface area contributed by atoms with Crippen molar-refractivity contribution in [3.05, 3.63) is 125 Å². The second kappa shape index (κ2) is 15.2. The zero-order chi connectivity index (χ0) is 31.6. The molecule has 234 valence electrons. The second-order valence-electron chi connectivity index (χ2n) is 11.9. The van der Waals surface area contributed by atoms with Crippen molar-refractivity contribution >= 4 is 17.8 Å². The number of aromatic nitrogens is 2. The lowest BCUT2D eigenvalue weighted by atomic mass is 9.77. The monoisotopic (exact) mass is 606 g/mol. The topological polar surface area (TPSA) is 110 Å². The van der Waals surface area contributed by atoms with Crippen LogP contribution in [-0.2, 0) is 29.1 Å². The van der Waals surface area contributed by atoms with Gasteiger partial charge in [0.2, 0.25) is 11.8 Å². The molecule has 0 aliphatic heterocycles. The second-order valence-corrected chi connectivity index (χ2v) is 11.9. The molecule has 0 spiro atoms. The Morgan fingerprint density at radius 1 is 0.889 bits per heavy atom. The van der Waals surface area contributed by atoms with Gasteiger partial charge in [0.05, 0.1) is 24.6 Å². The average Bonchev–Trinajstić information content (AvgIpc) is 3.54. The summed E-state index contributed by atoms with van der Waals surface area (Å²) in [7, 11) is 1.69.